The summed E-state index contributed by atoms with van der Waals surface area (Å²) in [5, 5.41) is 6.16. The van der Waals surface area contributed by atoms with Crippen LogP contribution in [0.2, 0.25) is 0 Å². The number of carbonyl (C=O) groups is 1. The van der Waals surface area contributed by atoms with Crippen molar-refractivity contribution < 1.29 is 14.3 Å². The van der Waals surface area contributed by atoms with Crippen molar-refractivity contribution in [3.05, 3.63) is 89.6 Å². The SMILES string of the molecule is CNC(=O)C12CC1C(n1cnc3c(/C=C(\NC)c4ccccc4)nc(C#Cc4ccccc4)nc31)C1OC(C)(C)OC12. The molecule has 2 aromatic heterocycles. The second kappa shape index (κ2) is 9.79. The lowest BCUT2D eigenvalue weighted by Gasteiger charge is -2.24. The Morgan fingerprint density at radius 3 is 2.45 bits per heavy atom. The third-order valence-corrected chi connectivity index (χ3v) is 8.59. The quantitative estimate of drug-likeness (QED) is 0.358. The second-order valence-electron chi connectivity index (χ2n) is 11.5. The van der Waals surface area contributed by atoms with Gasteiger partial charge in [0, 0.05) is 31.3 Å². The molecule has 3 fully saturated rings. The van der Waals surface area contributed by atoms with Crippen molar-refractivity contribution in [2.24, 2.45) is 11.3 Å². The van der Waals surface area contributed by atoms with Crippen LogP contribution < -0.4 is 10.6 Å². The van der Waals surface area contributed by atoms with Crippen LogP contribution >= 0.6 is 0 Å². The van der Waals surface area contributed by atoms with Crippen molar-refractivity contribution in [3.63, 3.8) is 0 Å². The van der Waals surface area contributed by atoms with Gasteiger partial charge in [-0.3, -0.25) is 4.79 Å². The highest BCUT2D eigenvalue weighted by atomic mass is 16.8. The first kappa shape index (κ1) is 26.4. The number of ether oxygens (including phenoxy) is 2. The number of hydrogen-bond acceptors (Lipinski definition) is 7. The fourth-order valence-corrected chi connectivity index (χ4v) is 6.72. The van der Waals surface area contributed by atoms with E-state index in [1.165, 1.54) is 0 Å². The molecule has 9 heteroatoms. The minimum absolute atomic E-state index is 0.00934. The Kier molecular flexibility index (Phi) is 6.15. The number of carbonyl (C=O) groups excluding carboxylic acids is 1. The molecule has 2 N–H and O–H groups in total. The van der Waals surface area contributed by atoms with Crippen LogP contribution in [0.15, 0.2) is 67.0 Å². The van der Waals surface area contributed by atoms with Gasteiger partial charge in [0.25, 0.3) is 0 Å². The predicted octanol–water partition coefficient (Wildman–Crippen LogP) is 3.77. The summed E-state index contributed by atoms with van der Waals surface area (Å²) in [6.45, 7) is 3.79. The lowest BCUT2D eigenvalue weighted by atomic mass is 9.98. The zero-order valence-electron chi connectivity index (χ0n) is 24.0. The minimum Gasteiger partial charge on any atom is -0.388 e. The van der Waals surface area contributed by atoms with Crippen molar-refractivity contribution in [1.82, 2.24) is 30.2 Å². The Hall–Kier alpha value is -4.52. The molecule has 0 radical (unpaired) electrons. The van der Waals surface area contributed by atoms with Gasteiger partial charge < -0.3 is 24.7 Å². The number of nitrogens with zero attached hydrogens (tertiary/aromatic N) is 4. The molecule has 42 heavy (non-hydrogen) atoms. The van der Waals surface area contributed by atoms with Crippen molar-refractivity contribution in [2.45, 2.75) is 44.3 Å². The number of nitrogens with one attached hydrogen (secondary N) is 2. The highest BCUT2D eigenvalue weighted by Crippen LogP contribution is 2.71. The topological polar surface area (TPSA) is 103 Å². The first-order valence-electron chi connectivity index (χ1n) is 14.2. The van der Waals surface area contributed by atoms with Crippen LogP contribution in [-0.2, 0) is 14.3 Å². The molecule has 1 aliphatic heterocycles. The van der Waals surface area contributed by atoms with E-state index in [1.54, 1.807) is 13.4 Å². The van der Waals surface area contributed by atoms with E-state index < -0.39 is 11.2 Å². The Bertz CT molecular complexity index is 1770. The number of amides is 1. The first-order valence-corrected chi connectivity index (χ1v) is 14.2. The van der Waals surface area contributed by atoms with E-state index in [0.29, 0.717) is 29.1 Å². The van der Waals surface area contributed by atoms with Crippen LogP contribution in [0.25, 0.3) is 22.9 Å². The van der Waals surface area contributed by atoms with Crippen LogP contribution in [0, 0.1) is 23.2 Å². The molecule has 4 aromatic rings. The molecule has 2 aromatic carbocycles. The summed E-state index contributed by atoms with van der Waals surface area (Å²) in [5.74, 6) is 5.96. The average Bonchev–Trinajstić information content (AvgIpc) is 3.32. The summed E-state index contributed by atoms with van der Waals surface area (Å²) in [7, 11) is 3.56. The van der Waals surface area contributed by atoms with Crippen molar-refractivity contribution in [1.29, 1.82) is 0 Å². The Morgan fingerprint density at radius 2 is 1.74 bits per heavy atom. The number of benzene rings is 2. The van der Waals surface area contributed by atoms with Crippen LogP contribution in [0.3, 0.4) is 0 Å². The molecule has 212 valence electrons. The maximum Gasteiger partial charge on any atom is 0.229 e. The van der Waals surface area contributed by atoms with Gasteiger partial charge in [0.1, 0.15) is 17.7 Å². The van der Waals surface area contributed by atoms with Crippen LogP contribution in [-0.4, -0.2) is 57.5 Å². The normalized spacial score (nSPS) is 27.1. The maximum atomic E-state index is 13.2. The van der Waals surface area contributed by atoms with E-state index >= 15 is 0 Å². The smallest absolute Gasteiger partial charge is 0.229 e. The van der Waals surface area contributed by atoms with Gasteiger partial charge in [0.2, 0.25) is 11.7 Å². The molecule has 2 saturated carbocycles. The van der Waals surface area contributed by atoms with E-state index in [-0.39, 0.29) is 30.1 Å². The summed E-state index contributed by atoms with van der Waals surface area (Å²) in [6, 6.07) is 19.6. The summed E-state index contributed by atoms with van der Waals surface area (Å²) < 4.78 is 14.8. The summed E-state index contributed by atoms with van der Waals surface area (Å²) >= 11 is 0. The largest absolute Gasteiger partial charge is 0.388 e. The van der Waals surface area contributed by atoms with Gasteiger partial charge in [0.15, 0.2) is 11.4 Å². The Balaban J connectivity index is 1.38. The molecule has 3 heterocycles. The molecular formula is C33H32N6O3. The predicted molar refractivity (Wildman–Crippen MR) is 159 cm³/mol. The molecule has 1 saturated heterocycles. The zero-order valence-corrected chi connectivity index (χ0v) is 24.0. The van der Waals surface area contributed by atoms with Crippen LogP contribution in [0.5, 0.6) is 0 Å². The van der Waals surface area contributed by atoms with Gasteiger partial charge in [-0.1, -0.05) is 54.5 Å². The fraction of sp³-hybridized carbons (Fsp3) is 0.333. The number of aromatic nitrogens is 4. The maximum absolute atomic E-state index is 13.2. The monoisotopic (exact) mass is 560 g/mol. The molecule has 0 spiro atoms. The molecular weight excluding hydrogens is 528 g/mol. The van der Waals surface area contributed by atoms with Crippen molar-refractivity contribution >= 4 is 28.8 Å². The number of fused-ring (bicyclic) bond motifs is 4. The molecule has 3 aliphatic rings. The minimum atomic E-state index is -0.800. The summed E-state index contributed by atoms with van der Waals surface area (Å²) in [4.78, 5) is 27.8. The number of imidazole rings is 1. The molecule has 5 atom stereocenters. The van der Waals surface area contributed by atoms with Gasteiger partial charge in [-0.2, -0.15) is 0 Å². The summed E-state index contributed by atoms with van der Waals surface area (Å²) in [6.07, 6.45) is 3.81. The first-order chi connectivity index (χ1) is 20.3. The van der Waals surface area contributed by atoms with E-state index in [2.05, 4.69) is 22.5 Å². The highest BCUT2D eigenvalue weighted by molar-refractivity contribution is 5.90. The van der Waals surface area contributed by atoms with Crippen molar-refractivity contribution in [2.75, 3.05) is 14.1 Å². The molecule has 7 rings (SSSR count). The van der Waals surface area contributed by atoms with E-state index in [1.807, 2.05) is 92.2 Å². The van der Waals surface area contributed by atoms with Gasteiger partial charge in [0.05, 0.1) is 23.5 Å². The van der Waals surface area contributed by atoms with Gasteiger partial charge in [-0.15, -0.1) is 0 Å². The fourth-order valence-electron chi connectivity index (χ4n) is 6.72. The average molecular weight is 561 g/mol. The third kappa shape index (κ3) is 4.18. The molecule has 1 amide bonds. The van der Waals surface area contributed by atoms with Crippen molar-refractivity contribution in [3.8, 4) is 11.8 Å². The van der Waals surface area contributed by atoms with E-state index in [4.69, 9.17) is 24.4 Å². The Morgan fingerprint density at radius 1 is 1.00 bits per heavy atom. The summed E-state index contributed by atoms with van der Waals surface area (Å²) in [5.41, 5.74) is 4.10. The van der Waals surface area contributed by atoms with Gasteiger partial charge >= 0.3 is 0 Å². The molecule has 2 aliphatic carbocycles. The number of rotatable bonds is 5. The van der Waals surface area contributed by atoms with E-state index in [0.717, 1.165) is 16.8 Å². The molecule has 0 bridgehead atoms. The van der Waals surface area contributed by atoms with Gasteiger partial charge in [-0.05, 0) is 50.0 Å². The lowest BCUT2D eigenvalue weighted by Crippen LogP contribution is -2.40. The zero-order chi connectivity index (χ0) is 29.1. The lowest BCUT2D eigenvalue weighted by molar-refractivity contribution is -0.164. The third-order valence-electron chi connectivity index (χ3n) is 8.59. The highest BCUT2D eigenvalue weighted by Gasteiger charge is 2.79. The molecule has 5 unspecified atom stereocenters. The number of hydrogen-bond donors (Lipinski definition) is 2. The van der Waals surface area contributed by atoms with Crippen LogP contribution in [0.4, 0.5) is 0 Å². The molecule has 9 nitrogen and oxygen atoms in total. The van der Waals surface area contributed by atoms with Gasteiger partial charge in [-0.25, -0.2) is 15.0 Å². The van der Waals surface area contributed by atoms with E-state index in [9.17, 15) is 4.79 Å². The Labute approximate surface area is 244 Å². The van der Waals surface area contributed by atoms with Crippen LogP contribution in [0.1, 0.15) is 49.0 Å². The standard InChI is InChI=1S/C33H32N6O3/c1-32(2)41-28-27(22-18-33(22,29(28)42-32)31(40)35-4)39-19-36-26-24(17-23(34-3)21-13-9-6-10-14-21)37-25(38-30(26)39)16-15-20-11-7-5-8-12-20/h5-14,17,19,22,27-29,34H,18H2,1-4H3,(H,35,40)/b23-17-. The second-order valence-corrected chi connectivity index (χ2v) is 11.5.